The second-order valence-corrected chi connectivity index (χ2v) is 6.66. The highest BCUT2D eigenvalue weighted by atomic mass is 32.2. The quantitative estimate of drug-likeness (QED) is 0.552. The zero-order valence-corrected chi connectivity index (χ0v) is 16.3. The Bertz CT molecular complexity index is 795. The van der Waals surface area contributed by atoms with Crippen LogP contribution in [0.2, 0.25) is 0 Å². The van der Waals surface area contributed by atoms with Crippen molar-refractivity contribution in [1.82, 2.24) is 5.32 Å². The smallest absolute Gasteiger partial charge is 0.342 e. The summed E-state index contributed by atoms with van der Waals surface area (Å²) in [4.78, 5) is 25.4. The Morgan fingerprint density at radius 1 is 1.19 bits per heavy atom. The van der Waals surface area contributed by atoms with Crippen molar-refractivity contribution in [3.05, 3.63) is 59.4 Å². The van der Waals surface area contributed by atoms with Crippen LogP contribution in [0.25, 0.3) is 0 Å². The highest BCUT2D eigenvalue weighted by Crippen LogP contribution is 2.26. The molecule has 0 saturated carbocycles. The second-order valence-electron chi connectivity index (χ2n) is 5.78. The van der Waals surface area contributed by atoms with Crippen LogP contribution < -0.4 is 10.1 Å². The Labute approximate surface area is 162 Å². The molecule has 1 N–H and O–H groups in total. The molecule has 144 valence electrons. The lowest BCUT2D eigenvalue weighted by molar-refractivity contribution is -0.129. The van der Waals surface area contributed by atoms with Crippen LogP contribution >= 0.6 is 11.8 Å². The molecule has 1 amide bonds. The van der Waals surface area contributed by atoms with Gasteiger partial charge >= 0.3 is 5.97 Å². The largest absolute Gasteiger partial charge is 0.496 e. The molecular weight excluding hydrogens is 369 g/mol. The van der Waals surface area contributed by atoms with Crippen LogP contribution in [0.15, 0.2) is 47.4 Å². The van der Waals surface area contributed by atoms with Gasteiger partial charge in [-0.15, -0.1) is 11.8 Å². The molecular formula is C20H22FNO4S. The monoisotopic (exact) mass is 391 g/mol. The molecule has 1 atom stereocenters. The third kappa shape index (κ3) is 5.99. The molecule has 2 aromatic carbocycles. The molecule has 0 aliphatic heterocycles. The van der Waals surface area contributed by atoms with E-state index in [0.29, 0.717) is 18.7 Å². The number of benzene rings is 2. The minimum Gasteiger partial charge on any atom is -0.496 e. The van der Waals surface area contributed by atoms with Crippen molar-refractivity contribution in [2.45, 2.75) is 24.3 Å². The van der Waals surface area contributed by atoms with E-state index in [1.807, 2.05) is 6.26 Å². The second kappa shape index (κ2) is 9.97. The number of halogens is 1. The van der Waals surface area contributed by atoms with Crippen molar-refractivity contribution in [1.29, 1.82) is 0 Å². The number of carbonyl (C=O) groups excluding carboxylic acids is 2. The number of carbonyl (C=O) groups is 2. The van der Waals surface area contributed by atoms with Gasteiger partial charge in [0.05, 0.1) is 7.11 Å². The maximum Gasteiger partial charge on any atom is 0.342 e. The molecule has 0 aliphatic rings. The number of hydrogen-bond donors (Lipinski definition) is 1. The summed E-state index contributed by atoms with van der Waals surface area (Å²) < 4.78 is 23.3. The number of rotatable bonds is 8. The fraction of sp³-hybridized carbons (Fsp3) is 0.300. The van der Waals surface area contributed by atoms with Gasteiger partial charge in [0.15, 0.2) is 6.10 Å². The summed E-state index contributed by atoms with van der Waals surface area (Å²) in [5, 5.41) is 2.70. The SMILES string of the molecule is COc1cc(SC)ccc1C(=O)O[C@@H](C)C(=O)NCCc1ccc(F)cc1. The molecule has 0 radical (unpaired) electrons. The first-order valence-electron chi connectivity index (χ1n) is 8.39. The molecule has 5 nitrogen and oxygen atoms in total. The van der Waals surface area contributed by atoms with E-state index in [4.69, 9.17) is 9.47 Å². The molecule has 0 fully saturated rings. The first kappa shape index (κ1) is 20.8. The summed E-state index contributed by atoms with van der Waals surface area (Å²) in [7, 11) is 1.47. The van der Waals surface area contributed by atoms with E-state index in [9.17, 15) is 14.0 Å². The molecule has 0 spiro atoms. The fourth-order valence-corrected chi connectivity index (χ4v) is 2.80. The van der Waals surface area contributed by atoms with Crippen molar-refractivity contribution in [2.24, 2.45) is 0 Å². The Balaban J connectivity index is 1.88. The predicted octanol–water partition coefficient (Wildman–Crippen LogP) is 3.46. The van der Waals surface area contributed by atoms with Gasteiger partial charge in [-0.05, 0) is 55.5 Å². The van der Waals surface area contributed by atoms with Crippen molar-refractivity contribution < 1.29 is 23.5 Å². The molecule has 7 heteroatoms. The molecule has 2 rings (SSSR count). The van der Waals surface area contributed by atoms with Crippen LogP contribution in [0, 0.1) is 5.82 Å². The van der Waals surface area contributed by atoms with Gasteiger partial charge in [0.1, 0.15) is 17.1 Å². The van der Waals surface area contributed by atoms with Gasteiger partial charge in [0.2, 0.25) is 0 Å². The topological polar surface area (TPSA) is 64.6 Å². The van der Waals surface area contributed by atoms with Crippen molar-refractivity contribution in [3.63, 3.8) is 0 Å². The van der Waals surface area contributed by atoms with Crippen molar-refractivity contribution >= 4 is 23.6 Å². The standard InChI is InChI=1S/C20H22FNO4S/c1-13(19(23)22-11-10-14-4-6-15(21)7-5-14)26-20(24)17-9-8-16(27-3)12-18(17)25-2/h4-9,12-13H,10-11H2,1-3H3,(H,22,23)/t13-/m0/s1. The van der Waals surface area contributed by atoms with E-state index in [1.54, 1.807) is 30.3 Å². The molecule has 0 aliphatic carbocycles. The zero-order valence-electron chi connectivity index (χ0n) is 15.5. The zero-order chi connectivity index (χ0) is 19.8. The van der Waals surface area contributed by atoms with Gasteiger partial charge in [0.25, 0.3) is 5.91 Å². The molecule has 0 unspecified atom stereocenters. The Hall–Kier alpha value is -2.54. The average molecular weight is 391 g/mol. The normalized spacial score (nSPS) is 11.6. The van der Waals surface area contributed by atoms with E-state index in [-0.39, 0.29) is 11.4 Å². The lowest BCUT2D eigenvalue weighted by Crippen LogP contribution is -2.37. The molecule has 0 heterocycles. The lowest BCUT2D eigenvalue weighted by Gasteiger charge is -2.15. The highest BCUT2D eigenvalue weighted by Gasteiger charge is 2.21. The van der Waals surface area contributed by atoms with Crippen LogP contribution in [-0.4, -0.2) is 37.9 Å². The summed E-state index contributed by atoms with van der Waals surface area (Å²) in [6, 6.07) is 11.2. The van der Waals surface area contributed by atoms with E-state index < -0.39 is 18.0 Å². The summed E-state index contributed by atoms with van der Waals surface area (Å²) in [5.74, 6) is -0.925. The number of methoxy groups -OCH3 is 1. The summed E-state index contributed by atoms with van der Waals surface area (Å²) >= 11 is 1.53. The minimum atomic E-state index is -0.948. The molecule has 0 saturated heterocycles. The van der Waals surface area contributed by atoms with E-state index in [0.717, 1.165) is 10.5 Å². The van der Waals surface area contributed by atoms with E-state index in [2.05, 4.69) is 5.32 Å². The van der Waals surface area contributed by atoms with Gasteiger partial charge in [-0.3, -0.25) is 4.79 Å². The van der Waals surface area contributed by atoms with Gasteiger partial charge in [0, 0.05) is 11.4 Å². The average Bonchev–Trinajstić information content (AvgIpc) is 2.68. The number of nitrogens with one attached hydrogen (secondary N) is 1. The highest BCUT2D eigenvalue weighted by molar-refractivity contribution is 7.98. The van der Waals surface area contributed by atoms with Gasteiger partial charge in [-0.2, -0.15) is 0 Å². The van der Waals surface area contributed by atoms with E-state index >= 15 is 0 Å². The van der Waals surface area contributed by atoms with Crippen LogP contribution in [0.3, 0.4) is 0 Å². The van der Waals surface area contributed by atoms with Crippen molar-refractivity contribution in [3.8, 4) is 5.75 Å². The minimum absolute atomic E-state index is 0.265. The molecule has 0 bridgehead atoms. The van der Waals surface area contributed by atoms with Crippen LogP contribution in [-0.2, 0) is 16.0 Å². The van der Waals surface area contributed by atoms with Crippen LogP contribution in [0.5, 0.6) is 5.75 Å². The van der Waals surface area contributed by atoms with E-state index in [1.165, 1.54) is 37.9 Å². The first-order valence-corrected chi connectivity index (χ1v) is 9.62. The number of ether oxygens (including phenoxy) is 2. The Kier molecular flexibility index (Phi) is 7.67. The molecule has 0 aromatic heterocycles. The molecule has 2 aromatic rings. The maximum atomic E-state index is 12.9. The summed E-state index contributed by atoms with van der Waals surface area (Å²) in [6.07, 6.45) is 1.53. The number of esters is 1. The van der Waals surface area contributed by atoms with Gasteiger partial charge < -0.3 is 14.8 Å². The third-order valence-corrected chi connectivity index (χ3v) is 4.63. The number of amides is 1. The lowest BCUT2D eigenvalue weighted by atomic mass is 10.1. The third-order valence-electron chi connectivity index (χ3n) is 3.91. The number of hydrogen-bond acceptors (Lipinski definition) is 5. The summed E-state index contributed by atoms with van der Waals surface area (Å²) in [6.45, 7) is 1.87. The van der Waals surface area contributed by atoms with Gasteiger partial charge in [-0.1, -0.05) is 12.1 Å². The van der Waals surface area contributed by atoms with Crippen LogP contribution in [0.1, 0.15) is 22.8 Å². The number of thioether (sulfide) groups is 1. The Morgan fingerprint density at radius 3 is 2.52 bits per heavy atom. The van der Waals surface area contributed by atoms with Gasteiger partial charge in [-0.25, -0.2) is 9.18 Å². The first-order chi connectivity index (χ1) is 12.9. The predicted molar refractivity (Wildman–Crippen MR) is 103 cm³/mol. The fourth-order valence-electron chi connectivity index (χ4n) is 2.37. The Morgan fingerprint density at radius 2 is 1.89 bits per heavy atom. The molecule has 27 heavy (non-hydrogen) atoms. The summed E-state index contributed by atoms with van der Waals surface area (Å²) in [5.41, 5.74) is 1.17. The van der Waals surface area contributed by atoms with Crippen LogP contribution in [0.4, 0.5) is 4.39 Å². The van der Waals surface area contributed by atoms with Crippen molar-refractivity contribution in [2.75, 3.05) is 19.9 Å². The maximum absolute atomic E-state index is 12.9.